The van der Waals surface area contributed by atoms with Crippen LogP contribution in [0.3, 0.4) is 0 Å². The molecule has 1 aromatic rings. The Kier molecular flexibility index (Phi) is 10.3. The molecule has 2 unspecified atom stereocenters. The van der Waals surface area contributed by atoms with Crippen LogP contribution < -0.4 is 21.7 Å². The fourth-order valence-corrected chi connectivity index (χ4v) is 9.03. The third-order valence-corrected chi connectivity index (χ3v) is 12.4. The lowest BCUT2D eigenvalue weighted by atomic mass is 9.80. The van der Waals surface area contributed by atoms with Gasteiger partial charge in [0.05, 0.1) is 16.6 Å². The fraction of sp³-hybridized carbons (Fsp3) is 0.714. The summed E-state index contributed by atoms with van der Waals surface area (Å²) >= 11 is 1.62. The zero-order valence-electron chi connectivity index (χ0n) is 28.5. The molecule has 5 rings (SSSR count). The molecule has 12 heteroatoms. The van der Waals surface area contributed by atoms with Crippen LogP contribution in [0.15, 0.2) is 29.4 Å². The Bertz CT molecular complexity index is 1350. The number of nitrogens with zero attached hydrogens (tertiary/aromatic N) is 2. The Morgan fingerprint density at radius 2 is 1.74 bits per heavy atom. The van der Waals surface area contributed by atoms with Crippen molar-refractivity contribution in [3.05, 3.63) is 24.4 Å². The molecular formula is C35H52N6O5S. The van der Waals surface area contributed by atoms with Crippen molar-refractivity contribution in [3.63, 3.8) is 0 Å². The number of pyridine rings is 1. The Morgan fingerprint density at radius 1 is 1.04 bits per heavy atom. The van der Waals surface area contributed by atoms with E-state index in [1.54, 1.807) is 22.9 Å². The lowest BCUT2D eigenvalue weighted by Gasteiger charge is -2.40. The number of carbonyl (C=O) groups excluding carboxylic acids is 5. The number of aromatic nitrogens is 1. The van der Waals surface area contributed by atoms with E-state index in [0.29, 0.717) is 18.7 Å². The molecule has 3 saturated carbocycles. The predicted molar refractivity (Wildman–Crippen MR) is 180 cm³/mol. The Labute approximate surface area is 282 Å². The van der Waals surface area contributed by atoms with Gasteiger partial charge in [-0.1, -0.05) is 79.2 Å². The van der Waals surface area contributed by atoms with Gasteiger partial charge in [0.2, 0.25) is 17.6 Å². The summed E-state index contributed by atoms with van der Waals surface area (Å²) in [5, 5.41) is 10.0. The van der Waals surface area contributed by atoms with Crippen LogP contribution in [0.5, 0.6) is 0 Å². The second-order valence-electron chi connectivity index (χ2n) is 15.9. The van der Waals surface area contributed by atoms with Crippen molar-refractivity contribution >= 4 is 41.3 Å². The van der Waals surface area contributed by atoms with Crippen molar-refractivity contribution in [2.75, 3.05) is 12.3 Å². The quantitative estimate of drug-likeness (QED) is 0.194. The highest BCUT2D eigenvalue weighted by Gasteiger charge is 2.70. The lowest BCUT2D eigenvalue weighted by Crippen LogP contribution is -2.63. The van der Waals surface area contributed by atoms with Gasteiger partial charge in [-0.3, -0.25) is 19.2 Å². The highest BCUT2D eigenvalue weighted by molar-refractivity contribution is 7.99. The zero-order valence-corrected chi connectivity index (χ0v) is 29.3. The number of urea groups is 1. The van der Waals surface area contributed by atoms with Crippen molar-refractivity contribution in [2.24, 2.45) is 34.3 Å². The Hall–Kier alpha value is -3.15. The monoisotopic (exact) mass is 668 g/mol. The highest BCUT2D eigenvalue weighted by Crippen LogP contribution is 2.65. The second-order valence-corrected chi connectivity index (χ2v) is 16.9. The minimum atomic E-state index is -1.07. The third-order valence-electron chi connectivity index (χ3n) is 11.1. The molecule has 47 heavy (non-hydrogen) atoms. The number of Topliss-reactive ketones (excluding diaryl/α,β-unsaturated/α-hetero) is 1. The Balaban J connectivity index is 1.31. The van der Waals surface area contributed by atoms with E-state index in [2.05, 4.69) is 34.8 Å². The molecule has 1 aliphatic heterocycles. The first-order valence-corrected chi connectivity index (χ1v) is 18.2. The summed E-state index contributed by atoms with van der Waals surface area (Å²) in [6.45, 7) is 10.3. The molecule has 3 aliphatic carbocycles. The standard InChI is InChI=1S/C35H52N6O5S/c1-33(2,3)28(39-32(46)40-35(15-8-6-9-16-35)20-47-24-14-7-10-17-37-24)31(45)41-19-22-25(34(22,4)5)26(41)30(44)38-23(27(42)29(36)43)18-21-12-11-13-21/h7,10,14,17,21-23,25-26,28H,6,8-9,11-13,15-16,18-20H2,1-5H3,(H2,36,43)(H,38,44)(H2,39,40,46)/t22?,23?,25-,26-,28+/m0/s1. The van der Waals surface area contributed by atoms with Gasteiger partial charge in [-0.05, 0) is 60.0 Å². The number of hydrogen-bond donors (Lipinski definition) is 4. The smallest absolute Gasteiger partial charge is 0.315 e. The molecular weight excluding hydrogens is 616 g/mol. The minimum absolute atomic E-state index is 0.0944. The number of primary amides is 1. The number of nitrogens with two attached hydrogens (primary N) is 1. The molecule has 2 heterocycles. The van der Waals surface area contributed by atoms with Crippen molar-refractivity contribution < 1.29 is 24.0 Å². The average Bonchev–Trinajstić information content (AvgIpc) is 3.31. The largest absolute Gasteiger partial charge is 0.363 e. The van der Waals surface area contributed by atoms with Crippen molar-refractivity contribution in [1.29, 1.82) is 0 Å². The van der Waals surface area contributed by atoms with Crippen LogP contribution in [-0.4, -0.2) is 75.4 Å². The molecule has 11 nitrogen and oxygen atoms in total. The minimum Gasteiger partial charge on any atom is -0.363 e. The van der Waals surface area contributed by atoms with Gasteiger partial charge in [-0.15, -0.1) is 11.8 Å². The lowest BCUT2D eigenvalue weighted by molar-refractivity contribution is -0.145. The Morgan fingerprint density at radius 3 is 2.32 bits per heavy atom. The molecule has 1 saturated heterocycles. The maximum Gasteiger partial charge on any atom is 0.315 e. The maximum absolute atomic E-state index is 14.4. The summed E-state index contributed by atoms with van der Waals surface area (Å²) in [4.78, 5) is 72.8. The summed E-state index contributed by atoms with van der Waals surface area (Å²) < 4.78 is 0. The zero-order chi connectivity index (χ0) is 34.1. The summed E-state index contributed by atoms with van der Waals surface area (Å²) in [5.41, 5.74) is 4.11. The van der Waals surface area contributed by atoms with E-state index < -0.39 is 52.7 Å². The molecule has 4 fully saturated rings. The summed E-state index contributed by atoms with van der Waals surface area (Å²) in [6, 6.07) is 2.65. The number of piperidine rings is 1. The van der Waals surface area contributed by atoms with Crippen molar-refractivity contribution in [3.8, 4) is 0 Å². The number of ketones is 1. The summed E-state index contributed by atoms with van der Waals surface area (Å²) in [7, 11) is 0. The number of amides is 5. The second kappa shape index (κ2) is 13.8. The van der Waals surface area contributed by atoms with Crippen LogP contribution in [0.25, 0.3) is 0 Å². The molecule has 5 amide bonds. The number of thioether (sulfide) groups is 1. The molecule has 0 radical (unpaired) electrons. The van der Waals surface area contributed by atoms with Crippen LogP contribution in [0.4, 0.5) is 4.79 Å². The van der Waals surface area contributed by atoms with E-state index in [0.717, 1.165) is 56.4 Å². The van der Waals surface area contributed by atoms with Crippen LogP contribution in [0, 0.1) is 28.6 Å². The number of likely N-dealkylation sites (tertiary alicyclic amines) is 1. The van der Waals surface area contributed by atoms with Crippen LogP contribution in [0.1, 0.15) is 92.4 Å². The van der Waals surface area contributed by atoms with E-state index in [-0.39, 0.29) is 29.1 Å². The first-order chi connectivity index (χ1) is 22.1. The van der Waals surface area contributed by atoms with E-state index in [1.807, 2.05) is 39.0 Å². The van der Waals surface area contributed by atoms with Gasteiger partial charge >= 0.3 is 6.03 Å². The first-order valence-electron chi connectivity index (χ1n) is 17.2. The maximum atomic E-state index is 14.4. The number of carbonyl (C=O) groups is 5. The predicted octanol–water partition coefficient (Wildman–Crippen LogP) is 3.80. The molecule has 5 atom stereocenters. The third kappa shape index (κ3) is 7.78. The van der Waals surface area contributed by atoms with Gasteiger partial charge in [0, 0.05) is 18.5 Å². The summed E-state index contributed by atoms with van der Waals surface area (Å²) in [5.74, 6) is -1.71. The van der Waals surface area contributed by atoms with Gasteiger partial charge in [0.25, 0.3) is 5.91 Å². The highest BCUT2D eigenvalue weighted by atomic mass is 32.2. The molecule has 5 N–H and O–H groups in total. The molecule has 0 aromatic carbocycles. The number of fused-ring (bicyclic) bond motifs is 1. The average molecular weight is 669 g/mol. The first kappa shape index (κ1) is 35.2. The van der Waals surface area contributed by atoms with Gasteiger partial charge < -0.3 is 26.6 Å². The van der Waals surface area contributed by atoms with Gasteiger partial charge in [0.1, 0.15) is 12.1 Å². The van der Waals surface area contributed by atoms with Crippen molar-refractivity contribution in [1.82, 2.24) is 25.8 Å². The number of rotatable bonds is 12. The fourth-order valence-electron chi connectivity index (χ4n) is 7.94. The number of hydrogen-bond acceptors (Lipinski definition) is 7. The van der Waals surface area contributed by atoms with Gasteiger partial charge in [-0.2, -0.15) is 0 Å². The van der Waals surface area contributed by atoms with Crippen LogP contribution >= 0.6 is 11.8 Å². The van der Waals surface area contributed by atoms with E-state index in [9.17, 15) is 24.0 Å². The number of nitrogens with one attached hydrogen (secondary N) is 3. The van der Waals surface area contributed by atoms with E-state index in [4.69, 9.17) is 5.73 Å². The molecule has 1 aromatic heterocycles. The molecule has 4 aliphatic rings. The van der Waals surface area contributed by atoms with Gasteiger partial charge in [-0.25, -0.2) is 9.78 Å². The molecule has 258 valence electrons. The molecule has 0 spiro atoms. The van der Waals surface area contributed by atoms with Crippen molar-refractivity contribution in [2.45, 2.75) is 121 Å². The van der Waals surface area contributed by atoms with Gasteiger partial charge in [0.15, 0.2) is 0 Å². The molecule has 0 bridgehead atoms. The van der Waals surface area contributed by atoms with Crippen LogP contribution in [-0.2, 0) is 19.2 Å². The van der Waals surface area contributed by atoms with E-state index in [1.165, 1.54) is 0 Å². The SMILES string of the molecule is CC(C)(C)[C@H](NC(=O)NC1(CSc2ccccn2)CCCCC1)C(=O)N1CC2[C@@H]([C@H]1C(=O)NC(CC1CCC1)C(=O)C(N)=O)C2(C)C. The normalized spacial score (nSPS) is 25.8. The van der Waals surface area contributed by atoms with Crippen LogP contribution in [0.2, 0.25) is 0 Å². The summed E-state index contributed by atoms with van der Waals surface area (Å²) in [6.07, 6.45) is 9.86. The van der Waals surface area contributed by atoms with E-state index >= 15 is 0 Å². The topological polar surface area (TPSA) is 164 Å².